The molecule has 0 radical (unpaired) electrons. The number of benzene rings is 1. The van der Waals surface area contributed by atoms with Crippen LogP contribution in [0.5, 0.6) is 0 Å². The number of hydrogen-bond acceptors (Lipinski definition) is 2. The number of rotatable bonds is 4. The number of carbonyl (C=O) groups excluding carboxylic acids is 1. The third kappa shape index (κ3) is 3.32. The molecule has 1 aromatic rings. The molecular formula is C13H16BrNO3. The SMILES string of the molecule is CN(CC(=O)O)C(=O)C(C)(C)c1ccc(Br)cc1. The highest BCUT2D eigenvalue weighted by Crippen LogP contribution is 2.26. The minimum absolute atomic E-state index is 0.216. The molecule has 5 heteroatoms. The molecule has 0 atom stereocenters. The van der Waals surface area contributed by atoms with Gasteiger partial charge in [0.2, 0.25) is 5.91 Å². The number of halogens is 1. The van der Waals surface area contributed by atoms with Gasteiger partial charge in [-0.15, -0.1) is 0 Å². The number of carboxylic acids is 1. The molecule has 0 heterocycles. The quantitative estimate of drug-likeness (QED) is 0.927. The van der Waals surface area contributed by atoms with Crippen LogP contribution in [-0.4, -0.2) is 35.5 Å². The van der Waals surface area contributed by atoms with Gasteiger partial charge >= 0.3 is 5.97 Å². The van der Waals surface area contributed by atoms with Gasteiger partial charge in [-0.2, -0.15) is 0 Å². The molecule has 1 amide bonds. The van der Waals surface area contributed by atoms with Gasteiger partial charge in [0.25, 0.3) is 0 Å². The number of nitrogens with zero attached hydrogens (tertiary/aromatic N) is 1. The van der Waals surface area contributed by atoms with Crippen molar-refractivity contribution in [2.24, 2.45) is 0 Å². The fraction of sp³-hybridized carbons (Fsp3) is 0.385. The molecule has 0 saturated heterocycles. The maximum Gasteiger partial charge on any atom is 0.323 e. The number of aliphatic carboxylic acids is 1. The average Bonchev–Trinajstić information content (AvgIpc) is 2.27. The van der Waals surface area contributed by atoms with E-state index >= 15 is 0 Å². The smallest absolute Gasteiger partial charge is 0.323 e. The van der Waals surface area contributed by atoms with Crippen LogP contribution in [-0.2, 0) is 15.0 Å². The summed E-state index contributed by atoms with van der Waals surface area (Å²) < 4.78 is 0.938. The van der Waals surface area contributed by atoms with Crippen molar-refractivity contribution in [3.05, 3.63) is 34.3 Å². The van der Waals surface area contributed by atoms with Gasteiger partial charge in [0.1, 0.15) is 6.54 Å². The highest BCUT2D eigenvalue weighted by Gasteiger charge is 2.32. The molecular weight excluding hydrogens is 298 g/mol. The van der Waals surface area contributed by atoms with E-state index in [1.165, 1.54) is 11.9 Å². The zero-order chi connectivity index (χ0) is 13.9. The van der Waals surface area contributed by atoms with Crippen molar-refractivity contribution in [3.8, 4) is 0 Å². The van der Waals surface area contributed by atoms with E-state index in [9.17, 15) is 9.59 Å². The van der Waals surface area contributed by atoms with Crippen molar-refractivity contribution in [3.63, 3.8) is 0 Å². The van der Waals surface area contributed by atoms with Crippen molar-refractivity contribution in [2.45, 2.75) is 19.3 Å². The summed E-state index contributed by atoms with van der Waals surface area (Å²) in [4.78, 5) is 24.1. The summed E-state index contributed by atoms with van der Waals surface area (Å²) in [5.41, 5.74) is 0.109. The molecule has 1 N–H and O–H groups in total. The van der Waals surface area contributed by atoms with Crippen molar-refractivity contribution in [1.29, 1.82) is 0 Å². The summed E-state index contributed by atoms with van der Waals surface area (Å²) in [6.45, 7) is 3.28. The molecule has 0 saturated carbocycles. The van der Waals surface area contributed by atoms with Crippen LogP contribution in [0.4, 0.5) is 0 Å². The Morgan fingerprint density at radius 2 is 1.78 bits per heavy atom. The minimum atomic E-state index is -1.02. The van der Waals surface area contributed by atoms with E-state index in [0.717, 1.165) is 10.0 Å². The van der Waals surface area contributed by atoms with Crippen LogP contribution >= 0.6 is 15.9 Å². The standard InChI is InChI=1S/C13H16BrNO3/c1-13(2,9-4-6-10(14)7-5-9)12(18)15(3)8-11(16)17/h4-7H,8H2,1-3H3,(H,16,17). The molecule has 1 aromatic carbocycles. The van der Waals surface area contributed by atoms with Gasteiger partial charge in [0.15, 0.2) is 0 Å². The number of carbonyl (C=O) groups is 2. The van der Waals surface area contributed by atoms with E-state index in [1.807, 2.05) is 24.3 Å². The van der Waals surface area contributed by atoms with E-state index in [2.05, 4.69) is 15.9 Å². The average molecular weight is 314 g/mol. The molecule has 0 fully saturated rings. The molecule has 1 rings (SSSR count). The van der Waals surface area contributed by atoms with E-state index < -0.39 is 11.4 Å². The Morgan fingerprint density at radius 1 is 1.28 bits per heavy atom. The number of carboxylic acid groups (broad SMARTS) is 1. The second-order valence-corrected chi connectivity index (χ2v) is 5.60. The van der Waals surface area contributed by atoms with Gasteiger partial charge in [-0.3, -0.25) is 9.59 Å². The van der Waals surface area contributed by atoms with Crippen LogP contribution in [0.15, 0.2) is 28.7 Å². The topological polar surface area (TPSA) is 57.6 Å². The third-order valence-corrected chi connectivity index (χ3v) is 3.35. The molecule has 0 spiro atoms. The molecule has 0 aliphatic heterocycles. The Bertz CT molecular complexity index is 454. The van der Waals surface area contributed by atoms with E-state index in [0.29, 0.717) is 0 Å². The largest absolute Gasteiger partial charge is 0.480 e. The molecule has 4 nitrogen and oxygen atoms in total. The van der Waals surface area contributed by atoms with Gasteiger partial charge < -0.3 is 10.0 Å². The van der Waals surface area contributed by atoms with Crippen molar-refractivity contribution < 1.29 is 14.7 Å². The van der Waals surface area contributed by atoms with Crippen LogP contribution in [0.3, 0.4) is 0 Å². The number of hydrogen-bond donors (Lipinski definition) is 1. The highest BCUT2D eigenvalue weighted by atomic mass is 79.9. The van der Waals surface area contributed by atoms with Crippen LogP contribution in [0.1, 0.15) is 19.4 Å². The van der Waals surface area contributed by atoms with E-state index in [1.54, 1.807) is 13.8 Å². The van der Waals surface area contributed by atoms with Crippen LogP contribution in [0.25, 0.3) is 0 Å². The van der Waals surface area contributed by atoms with Crippen molar-refractivity contribution in [1.82, 2.24) is 4.90 Å². The molecule has 0 bridgehead atoms. The molecule has 0 aliphatic carbocycles. The fourth-order valence-corrected chi connectivity index (χ4v) is 2.01. The summed E-state index contributed by atoms with van der Waals surface area (Å²) in [6.07, 6.45) is 0. The molecule has 0 unspecified atom stereocenters. The predicted octanol–water partition coefficient (Wildman–Crippen LogP) is 2.27. The molecule has 0 aliphatic rings. The Morgan fingerprint density at radius 3 is 2.22 bits per heavy atom. The maximum absolute atomic E-state index is 12.2. The summed E-state index contributed by atoms with van der Waals surface area (Å²) >= 11 is 3.34. The first-order valence-corrected chi connectivity index (χ1v) is 6.28. The molecule has 98 valence electrons. The number of likely N-dealkylation sites (N-methyl/N-ethyl adjacent to an activating group) is 1. The lowest BCUT2D eigenvalue weighted by Gasteiger charge is -2.29. The van der Waals surface area contributed by atoms with Gasteiger partial charge in [-0.25, -0.2) is 0 Å². The van der Waals surface area contributed by atoms with E-state index in [4.69, 9.17) is 5.11 Å². The van der Waals surface area contributed by atoms with Crippen molar-refractivity contribution in [2.75, 3.05) is 13.6 Å². The third-order valence-electron chi connectivity index (χ3n) is 2.82. The van der Waals surface area contributed by atoms with Crippen LogP contribution in [0.2, 0.25) is 0 Å². The molecule has 0 aromatic heterocycles. The lowest BCUT2D eigenvalue weighted by Crippen LogP contribution is -2.43. The first-order valence-electron chi connectivity index (χ1n) is 5.48. The summed E-state index contributed by atoms with van der Waals surface area (Å²) in [5, 5.41) is 8.71. The Kier molecular flexibility index (Phi) is 4.51. The highest BCUT2D eigenvalue weighted by molar-refractivity contribution is 9.10. The van der Waals surface area contributed by atoms with Crippen LogP contribution < -0.4 is 0 Å². The Hall–Kier alpha value is -1.36. The van der Waals surface area contributed by atoms with Crippen LogP contribution in [0, 0.1) is 0 Å². The predicted molar refractivity (Wildman–Crippen MR) is 72.4 cm³/mol. The zero-order valence-electron chi connectivity index (χ0n) is 10.6. The lowest BCUT2D eigenvalue weighted by atomic mass is 9.83. The van der Waals surface area contributed by atoms with E-state index in [-0.39, 0.29) is 12.5 Å². The van der Waals surface area contributed by atoms with Gasteiger partial charge in [-0.05, 0) is 31.5 Å². The lowest BCUT2D eigenvalue weighted by molar-refractivity contribution is -0.145. The Balaban J connectivity index is 2.95. The van der Waals surface area contributed by atoms with Gasteiger partial charge in [0, 0.05) is 11.5 Å². The van der Waals surface area contributed by atoms with Crippen molar-refractivity contribution >= 4 is 27.8 Å². The van der Waals surface area contributed by atoms with Gasteiger partial charge in [0.05, 0.1) is 5.41 Å². The second-order valence-electron chi connectivity index (χ2n) is 4.69. The zero-order valence-corrected chi connectivity index (χ0v) is 12.2. The molecule has 18 heavy (non-hydrogen) atoms. The maximum atomic E-state index is 12.2. The summed E-state index contributed by atoms with van der Waals surface area (Å²) in [6, 6.07) is 7.44. The number of amides is 1. The van der Waals surface area contributed by atoms with Gasteiger partial charge in [-0.1, -0.05) is 28.1 Å². The first-order chi connectivity index (χ1) is 8.25. The Labute approximate surface area is 115 Å². The first kappa shape index (κ1) is 14.7. The normalized spacial score (nSPS) is 11.1. The second kappa shape index (κ2) is 5.52. The summed E-state index contributed by atoms with van der Waals surface area (Å²) in [7, 11) is 1.50. The minimum Gasteiger partial charge on any atom is -0.480 e. The summed E-state index contributed by atoms with van der Waals surface area (Å²) in [5.74, 6) is -1.23. The fourth-order valence-electron chi connectivity index (χ4n) is 1.74. The monoisotopic (exact) mass is 313 g/mol.